The molecule has 6 nitrogen and oxygen atoms in total. The smallest absolute Gasteiger partial charge is 0.274 e. The van der Waals surface area contributed by atoms with Crippen molar-refractivity contribution in [1.82, 2.24) is 14.5 Å². The molecule has 0 saturated heterocycles. The minimum absolute atomic E-state index is 0.0617. The molecule has 0 aliphatic heterocycles. The van der Waals surface area contributed by atoms with Crippen molar-refractivity contribution in [3.63, 3.8) is 0 Å². The highest BCUT2D eigenvalue weighted by Gasteiger charge is 2.26. The Morgan fingerprint density at radius 2 is 2.18 bits per heavy atom. The van der Waals surface area contributed by atoms with Gasteiger partial charge in [0, 0.05) is 23.3 Å². The Morgan fingerprint density at radius 3 is 2.89 bits per heavy atom. The van der Waals surface area contributed by atoms with E-state index in [1.54, 1.807) is 29.0 Å². The number of nitrogens with one attached hydrogen (secondary N) is 1. The first kappa shape index (κ1) is 20.2. The second kappa shape index (κ2) is 8.20. The van der Waals surface area contributed by atoms with Crippen molar-refractivity contribution in [3.8, 4) is 0 Å². The first-order chi connectivity index (χ1) is 13.3. The third-order valence-electron chi connectivity index (χ3n) is 4.13. The molecule has 3 aromatic rings. The third-order valence-corrected chi connectivity index (χ3v) is 4.89. The summed E-state index contributed by atoms with van der Waals surface area (Å²) in [7, 11) is 0. The van der Waals surface area contributed by atoms with E-state index in [1.807, 2.05) is 33.1 Å². The molecule has 1 amide bonds. The number of hydrogen-bond acceptors (Lipinski definition) is 5. The van der Waals surface area contributed by atoms with Crippen LogP contribution in [-0.2, 0) is 16.9 Å². The minimum Gasteiger partial charge on any atom is -0.367 e. The Balaban J connectivity index is 1.73. The molecule has 0 saturated carbocycles. The quantitative estimate of drug-likeness (QED) is 0.634. The van der Waals surface area contributed by atoms with Gasteiger partial charge in [0.15, 0.2) is 5.13 Å². The lowest BCUT2D eigenvalue weighted by Gasteiger charge is -2.25. The molecule has 28 heavy (non-hydrogen) atoms. The van der Waals surface area contributed by atoms with Crippen LogP contribution in [0.25, 0.3) is 0 Å². The zero-order chi connectivity index (χ0) is 20.3. The van der Waals surface area contributed by atoms with Crippen LogP contribution in [0.3, 0.4) is 0 Å². The Labute approximate surface area is 167 Å². The van der Waals surface area contributed by atoms with Gasteiger partial charge in [0.25, 0.3) is 5.91 Å². The maximum absolute atomic E-state index is 13.9. The van der Waals surface area contributed by atoms with E-state index in [9.17, 15) is 9.18 Å². The van der Waals surface area contributed by atoms with Crippen molar-refractivity contribution in [1.29, 1.82) is 0 Å². The van der Waals surface area contributed by atoms with Crippen LogP contribution in [0.4, 0.5) is 9.52 Å². The molecule has 148 valence electrons. The Kier molecular flexibility index (Phi) is 5.90. The van der Waals surface area contributed by atoms with Gasteiger partial charge in [-0.1, -0.05) is 0 Å². The Morgan fingerprint density at radius 1 is 1.39 bits per heavy atom. The van der Waals surface area contributed by atoms with Crippen molar-refractivity contribution in [3.05, 3.63) is 64.9 Å². The maximum atomic E-state index is 13.9. The summed E-state index contributed by atoms with van der Waals surface area (Å²) in [5, 5.41) is 5.18. The first-order valence-electron chi connectivity index (χ1n) is 8.95. The summed E-state index contributed by atoms with van der Waals surface area (Å²) in [4.78, 5) is 20.9. The largest absolute Gasteiger partial charge is 0.367 e. The van der Waals surface area contributed by atoms with Gasteiger partial charge in [-0.15, -0.1) is 11.3 Å². The number of halogens is 1. The summed E-state index contributed by atoms with van der Waals surface area (Å²) in [5.41, 5.74) is 1.10. The SMILES string of the molecule is CC(C)OC(C)(C)c1csc(NC(=O)c2cccn2Cc2ccncc2F)n1. The molecule has 0 aromatic carbocycles. The van der Waals surface area contributed by atoms with Crippen molar-refractivity contribution < 1.29 is 13.9 Å². The predicted molar refractivity (Wildman–Crippen MR) is 107 cm³/mol. The van der Waals surface area contributed by atoms with Crippen LogP contribution in [0, 0.1) is 5.82 Å². The summed E-state index contributed by atoms with van der Waals surface area (Å²) in [6.45, 7) is 8.07. The summed E-state index contributed by atoms with van der Waals surface area (Å²) >= 11 is 1.34. The van der Waals surface area contributed by atoms with Crippen LogP contribution in [0.5, 0.6) is 0 Å². The van der Waals surface area contributed by atoms with Crippen molar-refractivity contribution in [2.75, 3.05) is 5.32 Å². The third kappa shape index (κ3) is 4.63. The van der Waals surface area contributed by atoms with Gasteiger partial charge in [-0.2, -0.15) is 0 Å². The molecular formula is C20H23FN4O2S. The zero-order valence-electron chi connectivity index (χ0n) is 16.3. The summed E-state index contributed by atoms with van der Waals surface area (Å²) < 4.78 is 21.5. The molecule has 0 atom stereocenters. The number of ether oxygens (including phenoxy) is 1. The fourth-order valence-electron chi connectivity index (χ4n) is 2.89. The van der Waals surface area contributed by atoms with Gasteiger partial charge in [0.1, 0.15) is 17.1 Å². The van der Waals surface area contributed by atoms with Crippen LogP contribution in [0.2, 0.25) is 0 Å². The lowest BCUT2D eigenvalue weighted by atomic mass is 10.1. The number of rotatable bonds is 7. The number of thiazole rings is 1. The lowest BCUT2D eigenvalue weighted by Crippen LogP contribution is -2.26. The van der Waals surface area contributed by atoms with E-state index < -0.39 is 11.4 Å². The highest BCUT2D eigenvalue weighted by atomic mass is 32.1. The number of amides is 1. The van der Waals surface area contributed by atoms with E-state index in [2.05, 4.69) is 15.3 Å². The molecule has 1 N–H and O–H groups in total. The Bertz CT molecular complexity index is 965. The van der Waals surface area contributed by atoms with Crippen LogP contribution in [0.15, 0.2) is 42.2 Å². The summed E-state index contributed by atoms with van der Waals surface area (Å²) in [6, 6.07) is 5.04. The van der Waals surface area contributed by atoms with E-state index in [0.29, 0.717) is 16.4 Å². The monoisotopic (exact) mass is 402 g/mol. The average Bonchev–Trinajstić information content (AvgIpc) is 3.25. The van der Waals surface area contributed by atoms with Gasteiger partial charge in [0.2, 0.25) is 0 Å². The number of anilines is 1. The van der Waals surface area contributed by atoms with Crippen molar-refractivity contribution in [2.24, 2.45) is 0 Å². The zero-order valence-corrected chi connectivity index (χ0v) is 17.1. The van der Waals surface area contributed by atoms with Crippen LogP contribution in [0.1, 0.15) is 49.4 Å². The molecule has 3 rings (SSSR count). The molecule has 3 heterocycles. The molecule has 0 radical (unpaired) electrons. The van der Waals surface area contributed by atoms with Crippen LogP contribution in [-0.4, -0.2) is 26.5 Å². The molecule has 0 aliphatic carbocycles. The fraction of sp³-hybridized carbons (Fsp3) is 0.350. The number of carbonyl (C=O) groups is 1. The number of pyridine rings is 1. The number of hydrogen-bond donors (Lipinski definition) is 1. The molecular weight excluding hydrogens is 379 g/mol. The molecule has 0 aliphatic rings. The summed E-state index contributed by atoms with van der Waals surface area (Å²) in [6.07, 6.45) is 4.49. The number of carbonyl (C=O) groups excluding carboxylic acids is 1. The molecule has 0 spiro atoms. The standard InChI is InChI=1S/C20H23FN4O2S/c1-13(2)27-20(3,4)17-12-28-19(23-17)24-18(26)16-6-5-9-25(16)11-14-7-8-22-10-15(14)21/h5-10,12-13H,11H2,1-4H3,(H,23,24,26). The highest BCUT2D eigenvalue weighted by Crippen LogP contribution is 2.29. The van der Waals surface area contributed by atoms with Gasteiger partial charge >= 0.3 is 0 Å². The van der Waals surface area contributed by atoms with Gasteiger partial charge in [-0.25, -0.2) is 9.37 Å². The van der Waals surface area contributed by atoms with E-state index >= 15 is 0 Å². The second-order valence-corrected chi connectivity index (χ2v) is 8.02. The van der Waals surface area contributed by atoms with Crippen molar-refractivity contribution in [2.45, 2.75) is 45.9 Å². The van der Waals surface area contributed by atoms with Gasteiger partial charge in [-0.05, 0) is 45.9 Å². The van der Waals surface area contributed by atoms with Gasteiger partial charge in [0.05, 0.1) is 24.5 Å². The summed E-state index contributed by atoms with van der Waals surface area (Å²) in [5.74, 6) is -0.706. The van der Waals surface area contributed by atoms with E-state index in [-0.39, 0.29) is 18.6 Å². The van der Waals surface area contributed by atoms with Crippen LogP contribution < -0.4 is 5.32 Å². The van der Waals surface area contributed by atoms with Crippen LogP contribution >= 0.6 is 11.3 Å². The predicted octanol–water partition coefficient (Wildman–Crippen LogP) is 4.44. The number of nitrogens with zero attached hydrogens (tertiary/aromatic N) is 3. The maximum Gasteiger partial charge on any atom is 0.274 e. The van der Waals surface area contributed by atoms with Crippen molar-refractivity contribution >= 4 is 22.4 Å². The fourth-order valence-corrected chi connectivity index (χ4v) is 3.75. The van der Waals surface area contributed by atoms with E-state index in [4.69, 9.17) is 4.74 Å². The lowest BCUT2D eigenvalue weighted by molar-refractivity contribution is -0.0623. The normalized spacial score (nSPS) is 11.8. The molecule has 0 unspecified atom stereocenters. The minimum atomic E-state index is -0.549. The number of aromatic nitrogens is 3. The first-order valence-corrected chi connectivity index (χ1v) is 9.83. The second-order valence-electron chi connectivity index (χ2n) is 7.16. The Hall–Kier alpha value is -2.58. The highest BCUT2D eigenvalue weighted by molar-refractivity contribution is 7.14. The van der Waals surface area contributed by atoms with Gasteiger partial charge in [-0.3, -0.25) is 15.1 Å². The molecule has 0 fully saturated rings. The van der Waals surface area contributed by atoms with E-state index in [0.717, 1.165) is 11.9 Å². The average molecular weight is 402 g/mol. The van der Waals surface area contributed by atoms with Gasteiger partial charge < -0.3 is 9.30 Å². The van der Waals surface area contributed by atoms with E-state index in [1.165, 1.54) is 17.5 Å². The topological polar surface area (TPSA) is 69.0 Å². The molecule has 3 aromatic heterocycles. The molecule has 0 bridgehead atoms. The molecule has 8 heteroatoms.